The van der Waals surface area contributed by atoms with Crippen LogP contribution in [0.5, 0.6) is 0 Å². The fourth-order valence-electron chi connectivity index (χ4n) is 4.52. The Hall–Kier alpha value is -3.11. The lowest BCUT2D eigenvalue weighted by molar-refractivity contribution is -0.150. The Morgan fingerprint density at radius 1 is 1.09 bits per heavy atom. The van der Waals surface area contributed by atoms with Gasteiger partial charge in [0.05, 0.1) is 12.2 Å². The number of hydrogen-bond donors (Lipinski definition) is 0. The van der Waals surface area contributed by atoms with Crippen molar-refractivity contribution in [1.82, 2.24) is 14.7 Å². The summed E-state index contributed by atoms with van der Waals surface area (Å²) in [6, 6.07) is 3.62. The van der Waals surface area contributed by atoms with Gasteiger partial charge in [0.25, 0.3) is 5.91 Å². The highest BCUT2D eigenvalue weighted by Crippen LogP contribution is 2.39. The number of urea groups is 1. The van der Waals surface area contributed by atoms with E-state index in [-0.39, 0.29) is 13.2 Å². The highest BCUT2D eigenvalue weighted by atomic mass is 19.4. The van der Waals surface area contributed by atoms with E-state index in [0.29, 0.717) is 18.4 Å². The number of nitrogens with zero attached hydrogens (tertiary/aromatic N) is 3. The quantitative estimate of drug-likeness (QED) is 0.439. The molecule has 1 saturated heterocycles. The van der Waals surface area contributed by atoms with Crippen LogP contribution < -0.4 is 0 Å². The highest BCUT2D eigenvalue weighted by molar-refractivity contribution is 6.09. The van der Waals surface area contributed by atoms with Gasteiger partial charge < -0.3 is 14.5 Å². The van der Waals surface area contributed by atoms with Crippen molar-refractivity contribution in [3.8, 4) is 0 Å². The van der Waals surface area contributed by atoms with Gasteiger partial charge in [-0.3, -0.25) is 19.3 Å². The van der Waals surface area contributed by atoms with Crippen molar-refractivity contribution < 1.29 is 37.1 Å². The van der Waals surface area contributed by atoms with E-state index >= 15 is 0 Å². The van der Waals surface area contributed by atoms with Crippen LogP contribution >= 0.6 is 0 Å². The van der Waals surface area contributed by atoms with Crippen LogP contribution in [-0.4, -0.2) is 70.8 Å². The molecule has 0 radical (unpaired) electrons. The molecule has 2 fully saturated rings. The van der Waals surface area contributed by atoms with Crippen molar-refractivity contribution in [2.24, 2.45) is 0 Å². The minimum atomic E-state index is -4.50. The summed E-state index contributed by atoms with van der Waals surface area (Å²) in [6.45, 7) is 0.459. The lowest BCUT2D eigenvalue weighted by atomic mass is 9.81. The number of ether oxygens (including phenoxy) is 1. The first-order valence-electron chi connectivity index (χ1n) is 11.2. The number of likely N-dealkylation sites (N-methyl/N-ethyl adjacent to an activating group) is 1. The summed E-state index contributed by atoms with van der Waals surface area (Å²) in [5.41, 5.74) is -1.44. The van der Waals surface area contributed by atoms with Crippen molar-refractivity contribution in [2.45, 2.75) is 57.3 Å². The zero-order chi connectivity index (χ0) is 25.1. The fraction of sp³-hybridized carbons (Fsp3) is 0.565. The molecule has 1 aromatic carbocycles. The SMILES string of the molecule is CCOC(=O)CN(Cc1ccc(C(F)(F)F)cc1)C(=O)CN1C(=O)N(C)C2(CCCCC2)C1=O. The van der Waals surface area contributed by atoms with Crippen LogP contribution in [0.1, 0.15) is 50.2 Å². The highest BCUT2D eigenvalue weighted by Gasteiger charge is 2.56. The number of amides is 4. The van der Waals surface area contributed by atoms with Gasteiger partial charge in [-0.2, -0.15) is 13.2 Å². The maximum atomic E-state index is 13.2. The van der Waals surface area contributed by atoms with Gasteiger partial charge in [0.15, 0.2) is 0 Å². The molecule has 2 aliphatic rings. The van der Waals surface area contributed by atoms with Crippen LogP contribution in [0.15, 0.2) is 24.3 Å². The molecular formula is C23H28F3N3O5. The van der Waals surface area contributed by atoms with Crippen molar-refractivity contribution in [2.75, 3.05) is 26.7 Å². The van der Waals surface area contributed by atoms with Crippen LogP contribution in [0, 0.1) is 0 Å². The third kappa shape index (κ3) is 5.18. The van der Waals surface area contributed by atoms with E-state index in [9.17, 15) is 32.3 Å². The molecule has 0 bridgehead atoms. The summed E-state index contributed by atoms with van der Waals surface area (Å²) in [7, 11) is 1.55. The van der Waals surface area contributed by atoms with Gasteiger partial charge in [0.1, 0.15) is 18.6 Å². The normalized spacial score (nSPS) is 17.9. The van der Waals surface area contributed by atoms with E-state index < -0.39 is 54.2 Å². The van der Waals surface area contributed by atoms with Gasteiger partial charge in [-0.25, -0.2) is 4.79 Å². The Labute approximate surface area is 195 Å². The average Bonchev–Trinajstić information content (AvgIpc) is 2.95. The van der Waals surface area contributed by atoms with Gasteiger partial charge in [0.2, 0.25) is 5.91 Å². The largest absolute Gasteiger partial charge is 0.465 e. The van der Waals surface area contributed by atoms with Crippen molar-refractivity contribution in [1.29, 1.82) is 0 Å². The Kier molecular flexibility index (Phi) is 7.52. The number of imide groups is 1. The Balaban J connectivity index is 1.78. The predicted molar refractivity (Wildman–Crippen MR) is 114 cm³/mol. The lowest BCUT2D eigenvalue weighted by Gasteiger charge is -2.35. The Morgan fingerprint density at radius 3 is 2.26 bits per heavy atom. The number of halogens is 3. The third-order valence-electron chi connectivity index (χ3n) is 6.41. The first kappa shape index (κ1) is 25.5. The van der Waals surface area contributed by atoms with E-state index in [1.54, 1.807) is 14.0 Å². The monoisotopic (exact) mass is 483 g/mol. The molecule has 1 heterocycles. The van der Waals surface area contributed by atoms with Gasteiger partial charge >= 0.3 is 18.2 Å². The Bertz CT molecular complexity index is 942. The zero-order valence-electron chi connectivity index (χ0n) is 19.2. The second-order valence-corrected chi connectivity index (χ2v) is 8.57. The van der Waals surface area contributed by atoms with Crippen LogP contribution in [0.4, 0.5) is 18.0 Å². The third-order valence-corrected chi connectivity index (χ3v) is 6.41. The first-order chi connectivity index (χ1) is 16.0. The van der Waals surface area contributed by atoms with Gasteiger partial charge in [0, 0.05) is 13.6 Å². The maximum absolute atomic E-state index is 13.2. The second kappa shape index (κ2) is 10.0. The summed E-state index contributed by atoms with van der Waals surface area (Å²) < 4.78 is 43.5. The summed E-state index contributed by atoms with van der Waals surface area (Å²) in [5.74, 6) is -1.82. The number of carbonyl (C=O) groups excluding carboxylic acids is 4. The molecule has 3 rings (SSSR count). The maximum Gasteiger partial charge on any atom is 0.416 e. The predicted octanol–water partition coefficient (Wildman–Crippen LogP) is 3.19. The van der Waals surface area contributed by atoms with E-state index in [1.807, 2.05) is 0 Å². The van der Waals surface area contributed by atoms with E-state index in [4.69, 9.17) is 4.74 Å². The molecule has 4 amide bonds. The van der Waals surface area contributed by atoms with Crippen LogP contribution in [-0.2, 0) is 31.8 Å². The molecule has 34 heavy (non-hydrogen) atoms. The summed E-state index contributed by atoms with van der Waals surface area (Å²) in [4.78, 5) is 54.6. The molecular weight excluding hydrogens is 455 g/mol. The molecule has 0 aromatic heterocycles. The number of esters is 1. The molecule has 0 unspecified atom stereocenters. The molecule has 1 aliphatic carbocycles. The summed E-state index contributed by atoms with van der Waals surface area (Å²) in [6.07, 6.45) is -0.886. The minimum Gasteiger partial charge on any atom is -0.465 e. The number of hydrogen-bond acceptors (Lipinski definition) is 5. The molecule has 1 aromatic rings. The lowest BCUT2D eigenvalue weighted by Crippen LogP contribution is -2.50. The summed E-state index contributed by atoms with van der Waals surface area (Å²) in [5, 5.41) is 0. The number of benzene rings is 1. The van der Waals surface area contributed by atoms with Crippen molar-refractivity contribution >= 4 is 23.8 Å². The van der Waals surface area contributed by atoms with Crippen molar-refractivity contribution in [3.63, 3.8) is 0 Å². The number of rotatable bonds is 7. The van der Waals surface area contributed by atoms with Gasteiger partial charge in [-0.15, -0.1) is 0 Å². The first-order valence-corrected chi connectivity index (χ1v) is 11.2. The van der Waals surface area contributed by atoms with Gasteiger partial charge in [-0.1, -0.05) is 31.4 Å². The number of alkyl halides is 3. The Morgan fingerprint density at radius 2 is 1.71 bits per heavy atom. The topological polar surface area (TPSA) is 87.2 Å². The summed E-state index contributed by atoms with van der Waals surface area (Å²) >= 11 is 0. The van der Waals surface area contributed by atoms with Crippen LogP contribution in [0.25, 0.3) is 0 Å². The molecule has 1 aliphatic heterocycles. The van der Waals surface area contributed by atoms with E-state index in [0.717, 1.165) is 41.2 Å². The number of carbonyl (C=O) groups is 4. The second-order valence-electron chi connectivity index (χ2n) is 8.57. The molecule has 0 atom stereocenters. The van der Waals surface area contributed by atoms with Crippen LogP contribution in [0.3, 0.4) is 0 Å². The molecule has 1 spiro atoms. The molecule has 8 nitrogen and oxygen atoms in total. The standard InChI is InChI=1S/C23H28F3N3O5/c1-3-34-19(31)15-28(13-16-7-9-17(10-8-16)23(24,25)26)18(30)14-29-20(32)22(27(2)21(29)33)11-5-4-6-12-22/h7-10H,3-6,11-15H2,1-2H3. The fourth-order valence-corrected chi connectivity index (χ4v) is 4.52. The molecule has 1 saturated carbocycles. The zero-order valence-corrected chi connectivity index (χ0v) is 19.2. The van der Waals surface area contributed by atoms with E-state index in [1.165, 1.54) is 17.0 Å². The molecule has 186 valence electrons. The van der Waals surface area contributed by atoms with Crippen molar-refractivity contribution in [3.05, 3.63) is 35.4 Å². The van der Waals surface area contributed by atoms with Crippen LogP contribution in [0.2, 0.25) is 0 Å². The van der Waals surface area contributed by atoms with Gasteiger partial charge in [-0.05, 0) is 37.5 Å². The molecule has 11 heteroatoms. The minimum absolute atomic E-state index is 0.0809. The average molecular weight is 483 g/mol. The van der Waals surface area contributed by atoms with E-state index in [2.05, 4.69) is 0 Å². The smallest absolute Gasteiger partial charge is 0.416 e. The molecule has 0 N–H and O–H groups in total.